The summed E-state index contributed by atoms with van der Waals surface area (Å²) in [7, 11) is 2.00. The molecule has 106 valence electrons. The van der Waals surface area contributed by atoms with Crippen molar-refractivity contribution in [2.24, 2.45) is 0 Å². The van der Waals surface area contributed by atoms with E-state index in [0.29, 0.717) is 11.7 Å². The number of pyridine rings is 1. The van der Waals surface area contributed by atoms with Crippen molar-refractivity contribution in [3.05, 3.63) is 46.1 Å². The molecular formula is C15H19ClN4. The van der Waals surface area contributed by atoms with Crippen LogP contribution in [-0.4, -0.2) is 22.0 Å². The Morgan fingerprint density at radius 1 is 1.15 bits per heavy atom. The summed E-state index contributed by atoms with van der Waals surface area (Å²) in [5.74, 6) is 1.63. The van der Waals surface area contributed by atoms with Crippen molar-refractivity contribution in [1.29, 1.82) is 0 Å². The molecule has 0 saturated heterocycles. The fourth-order valence-electron chi connectivity index (χ4n) is 2.06. The zero-order valence-corrected chi connectivity index (χ0v) is 13.1. The predicted molar refractivity (Wildman–Crippen MR) is 82.2 cm³/mol. The van der Waals surface area contributed by atoms with E-state index in [1.165, 1.54) is 0 Å². The number of aryl methyl sites for hydroxylation is 2. The predicted octanol–water partition coefficient (Wildman–Crippen LogP) is 3.34. The molecule has 0 N–H and O–H groups in total. The SMILES string of the molecule is CCc1nc(Cl)c(C)c(N(C)Cc2cccc(C)n2)n1. The van der Waals surface area contributed by atoms with Gasteiger partial charge in [-0.2, -0.15) is 0 Å². The Bertz CT molecular complexity index is 613. The van der Waals surface area contributed by atoms with Crippen LogP contribution in [0.1, 0.15) is 29.7 Å². The maximum atomic E-state index is 6.18. The number of hydrogen-bond acceptors (Lipinski definition) is 4. The number of aromatic nitrogens is 3. The normalized spacial score (nSPS) is 10.7. The molecule has 2 aromatic heterocycles. The van der Waals surface area contributed by atoms with E-state index in [9.17, 15) is 0 Å². The highest BCUT2D eigenvalue weighted by Gasteiger charge is 2.13. The Morgan fingerprint density at radius 2 is 1.90 bits per heavy atom. The van der Waals surface area contributed by atoms with Crippen molar-refractivity contribution in [1.82, 2.24) is 15.0 Å². The molecule has 0 radical (unpaired) electrons. The van der Waals surface area contributed by atoms with Crippen LogP contribution in [0, 0.1) is 13.8 Å². The summed E-state index contributed by atoms with van der Waals surface area (Å²) in [6.07, 6.45) is 0.767. The molecule has 0 spiro atoms. The van der Waals surface area contributed by atoms with Gasteiger partial charge in [-0.1, -0.05) is 24.6 Å². The Labute approximate surface area is 124 Å². The summed E-state index contributed by atoms with van der Waals surface area (Å²) in [4.78, 5) is 15.4. The van der Waals surface area contributed by atoms with Crippen LogP contribution in [0.2, 0.25) is 5.15 Å². The Balaban J connectivity index is 2.29. The summed E-state index contributed by atoms with van der Waals surface area (Å²) in [6, 6.07) is 6.02. The van der Waals surface area contributed by atoms with E-state index >= 15 is 0 Å². The molecule has 2 aromatic rings. The minimum atomic E-state index is 0.524. The quantitative estimate of drug-likeness (QED) is 0.810. The van der Waals surface area contributed by atoms with Crippen molar-refractivity contribution in [2.75, 3.05) is 11.9 Å². The lowest BCUT2D eigenvalue weighted by Gasteiger charge is -2.21. The molecule has 0 bridgehead atoms. The number of halogens is 1. The monoisotopic (exact) mass is 290 g/mol. The lowest BCUT2D eigenvalue weighted by atomic mass is 10.2. The first-order valence-corrected chi connectivity index (χ1v) is 7.05. The minimum absolute atomic E-state index is 0.524. The number of rotatable bonds is 4. The highest BCUT2D eigenvalue weighted by Crippen LogP contribution is 2.23. The lowest BCUT2D eigenvalue weighted by Crippen LogP contribution is -2.21. The van der Waals surface area contributed by atoms with Gasteiger partial charge in [0.1, 0.15) is 16.8 Å². The van der Waals surface area contributed by atoms with Gasteiger partial charge in [-0.25, -0.2) is 9.97 Å². The van der Waals surface area contributed by atoms with E-state index in [1.807, 2.05) is 46.0 Å². The van der Waals surface area contributed by atoms with Gasteiger partial charge in [0.2, 0.25) is 0 Å². The third kappa shape index (κ3) is 3.25. The first-order valence-electron chi connectivity index (χ1n) is 6.68. The topological polar surface area (TPSA) is 41.9 Å². The average Bonchev–Trinajstić information content (AvgIpc) is 2.41. The molecule has 0 fully saturated rings. The Hall–Kier alpha value is -1.68. The first-order chi connectivity index (χ1) is 9.51. The minimum Gasteiger partial charge on any atom is -0.353 e. The summed E-state index contributed by atoms with van der Waals surface area (Å²) < 4.78 is 0. The maximum absolute atomic E-state index is 6.18. The standard InChI is InChI=1S/C15H19ClN4/c1-5-13-18-14(16)11(3)15(19-13)20(4)9-12-8-6-7-10(2)17-12/h6-8H,5,9H2,1-4H3. The Kier molecular flexibility index (Phi) is 4.55. The number of nitrogens with zero attached hydrogens (tertiary/aromatic N) is 4. The highest BCUT2D eigenvalue weighted by molar-refractivity contribution is 6.30. The zero-order valence-electron chi connectivity index (χ0n) is 12.3. The van der Waals surface area contributed by atoms with Crippen LogP contribution in [0.15, 0.2) is 18.2 Å². The van der Waals surface area contributed by atoms with E-state index in [2.05, 4.69) is 19.9 Å². The van der Waals surface area contributed by atoms with Crippen LogP contribution < -0.4 is 4.90 Å². The van der Waals surface area contributed by atoms with Gasteiger partial charge in [-0.3, -0.25) is 4.98 Å². The molecule has 2 heterocycles. The third-order valence-corrected chi connectivity index (χ3v) is 3.50. The molecule has 4 nitrogen and oxygen atoms in total. The maximum Gasteiger partial charge on any atom is 0.137 e. The van der Waals surface area contributed by atoms with Gasteiger partial charge in [-0.05, 0) is 26.0 Å². The molecule has 0 atom stereocenters. The van der Waals surface area contributed by atoms with Crippen molar-refractivity contribution in [2.45, 2.75) is 33.7 Å². The molecule has 0 unspecified atom stereocenters. The first kappa shape index (κ1) is 14.7. The van der Waals surface area contributed by atoms with Crippen LogP contribution in [0.5, 0.6) is 0 Å². The zero-order chi connectivity index (χ0) is 14.7. The van der Waals surface area contributed by atoms with Crippen molar-refractivity contribution >= 4 is 17.4 Å². The van der Waals surface area contributed by atoms with Gasteiger partial charge >= 0.3 is 0 Å². The van der Waals surface area contributed by atoms with Crippen molar-refractivity contribution in [3.63, 3.8) is 0 Å². The summed E-state index contributed by atoms with van der Waals surface area (Å²) in [6.45, 7) is 6.65. The van der Waals surface area contributed by atoms with E-state index in [-0.39, 0.29) is 0 Å². The second-order valence-electron chi connectivity index (χ2n) is 4.86. The fourth-order valence-corrected chi connectivity index (χ4v) is 2.24. The van der Waals surface area contributed by atoms with Crippen LogP contribution in [0.25, 0.3) is 0 Å². The summed E-state index contributed by atoms with van der Waals surface area (Å²) in [5.41, 5.74) is 2.93. The molecule has 20 heavy (non-hydrogen) atoms. The van der Waals surface area contributed by atoms with Crippen molar-refractivity contribution in [3.8, 4) is 0 Å². The summed E-state index contributed by atoms with van der Waals surface area (Å²) in [5, 5.41) is 0.524. The van der Waals surface area contributed by atoms with E-state index in [4.69, 9.17) is 11.6 Å². The Morgan fingerprint density at radius 3 is 2.55 bits per heavy atom. The lowest BCUT2D eigenvalue weighted by molar-refractivity contribution is 0.828. The van der Waals surface area contributed by atoms with Gasteiger partial charge in [0.15, 0.2) is 0 Å². The van der Waals surface area contributed by atoms with Crippen LogP contribution in [-0.2, 0) is 13.0 Å². The van der Waals surface area contributed by atoms with Crippen LogP contribution in [0.3, 0.4) is 0 Å². The number of hydrogen-bond donors (Lipinski definition) is 0. The van der Waals surface area contributed by atoms with Crippen LogP contribution >= 0.6 is 11.6 Å². The van der Waals surface area contributed by atoms with E-state index in [0.717, 1.165) is 35.0 Å². The molecule has 0 amide bonds. The van der Waals surface area contributed by atoms with E-state index in [1.54, 1.807) is 0 Å². The highest BCUT2D eigenvalue weighted by atomic mass is 35.5. The molecule has 0 saturated carbocycles. The molecule has 0 aromatic carbocycles. The smallest absolute Gasteiger partial charge is 0.137 e. The van der Waals surface area contributed by atoms with Gasteiger partial charge in [0, 0.05) is 24.7 Å². The fraction of sp³-hybridized carbons (Fsp3) is 0.400. The molecule has 2 rings (SSSR count). The van der Waals surface area contributed by atoms with Crippen LogP contribution in [0.4, 0.5) is 5.82 Å². The van der Waals surface area contributed by atoms with Gasteiger partial charge < -0.3 is 4.90 Å². The largest absolute Gasteiger partial charge is 0.353 e. The number of anilines is 1. The van der Waals surface area contributed by atoms with Crippen molar-refractivity contribution < 1.29 is 0 Å². The van der Waals surface area contributed by atoms with Gasteiger partial charge in [-0.15, -0.1) is 0 Å². The molecule has 0 aliphatic carbocycles. The average molecular weight is 291 g/mol. The molecular weight excluding hydrogens is 272 g/mol. The van der Waals surface area contributed by atoms with E-state index < -0.39 is 0 Å². The molecule has 0 aliphatic heterocycles. The summed E-state index contributed by atoms with van der Waals surface area (Å²) >= 11 is 6.18. The molecule has 0 aliphatic rings. The van der Waals surface area contributed by atoms with Gasteiger partial charge in [0.05, 0.1) is 12.2 Å². The van der Waals surface area contributed by atoms with Gasteiger partial charge in [0.25, 0.3) is 0 Å². The second kappa shape index (κ2) is 6.18. The molecule has 5 heteroatoms. The third-order valence-electron chi connectivity index (χ3n) is 3.13. The second-order valence-corrected chi connectivity index (χ2v) is 5.22.